The normalized spacial score (nSPS) is 11.9. The zero-order chi connectivity index (χ0) is 19.9. The van der Waals surface area contributed by atoms with Gasteiger partial charge in [-0.15, -0.1) is 11.3 Å². The van der Waals surface area contributed by atoms with E-state index in [1.807, 2.05) is 35.7 Å². The van der Waals surface area contributed by atoms with Gasteiger partial charge >= 0.3 is 5.97 Å². The third-order valence-electron chi connectivity index (χ3n) is 3.77. The largest absolute Gasteiger partial charge is 0.449 e. The molecular weight excluding hydrogens is 379 g/mol. The number of thiazole rings is 1. The van der Waals surface area contributed by atoms with Gasteiger partial charge in [-0.05, 0) is 19.1 Å². The Bertz CT molecular complexity index is 1000. The molecule has 0 bridgehead atoms. The topological polar surface area (TPSA) is 68.3 Å². The predicted octanol–water partition coefficient (Wildman–Crippen LogP) is 4.53. The summed E-state index contributed by atoms with van der Waals surface area (Å²) >= 11 is 1.28. The monoisotopic (exact) mass is 396 g/mol. The Hall–Kier alpha value is -3.32. The first-order valence-corrected chi connectivity index (χ1v) is 9.36. The molecule has 1 aromatic heterocycles. The van der Waals surface area contributed by atoms with Crippen molar-refractivity contribution in [3.05, 3.63) is 77.4 Å². The van der Waals surface area contributed by atoms with E-state index in [0.717, 1.165) is 17.3 Å². The van der Waals surface area contributed by atoms with Crippen LogP contribution in [0.4, 0.5) is 9.52 Å². The van der Waals surface area contributed by atoms with E-state index in [2.05, 4.69) is 10.3 Å². The van der Waals surface area contributed by atoms with E-state index in [0.29, 0.717) is 5.13 Å². The molecule has 1 heterocycles. The van der Waals surface area contributed by atoms with Gasteiger partial charge in [0.05, 0.1) is 5.69 Å². The number of aromatic nitrogens is 1. The molecule has 3 aromatic rings. The van der Waals surface area contributed by atoms with Gasteiger partial charge in [-0.3, -0.25) is 10.1 Å². The lowest BCUT2D eigenvalue weighted by atomic mass is 10.2. The van der Waals surface area contributed by atoms with Crippen LogP contribution in [0.5, 0.6) is 0 Å². The summed E-state index contributed by atoms with van der Waals surface area (Å²) in [5.74, 6) is -1.69. The van der Waals surface area contributed by atoms with Crippen LogP contribution in [0.2, 0.25) is 0 Å². The summed E-state index contributed by atoms with van der Waals surface area (Å²) < 4.78 is 18.6. The molecule has 28 heavy (non-hydrogen) atoms. The number of nitrogens with one attached hydrogen (secondary N) is 1. The number of rotatable bonds is 6. The quantitative estimate of drug-likeness (QED) is 0.491. The van der Waals surface area contributed by atoms with Crippen LogP contribution in [0, 0.1) is 5.82 Å². The number of amides is 1. The van der Waals surface area contributed by atoms with E-state index in [-0.39, 0.29) is 5.56 Å². The molecule has 0 fully saturated rings. The summed E-state index contributed by atoms with van der Waals surface area (Å²) in [7, 11) is 0. The fourth-order valence-corrected chi connectivity index (χ4v) is 3.04. The van der Waals surface area contributed by atoms with Gasteiger partial charge in [-0.2, -0.15) is 0 Å². The van der Waals surface area contributed by atoms with Gasteiger partial charge in [0, 0.05) is 22.6 Å². The van der Waals surface area contributed by atoms with Gasteiger partial charge in [-0.1, -0.05) is 48.5 Å². The maximum Gasteiger partial charge on any atom is 0.331 e. The minimum atomic E-state index is -1.03. The highest BCUT2D eigenvalue weighted by Crippen LogP contribution is 2.24. The van der Waals surface area contributed by atoms with Gasteiger partial charge in [0.25, 0.3) is 5.91 Å². The molecule has 0 radical (unpaired) electrons. The van der Waals surface area contributed by atoms with Crippen LogP contribution < -0.4 is 5.32 Å². The van der Waals surface area contributed by atoms with Crippen molar-refractivity contribution in [1.82, 2.24) is 4.98 Å². The van der Waals surface area contributed by atoms with Gasteiger partial charge in [-0.25, -0.2) is 14.2 Å². The van der Waals surface area contributed by atoms with Crippen molar-refractivity contribution in [2.75, 3.05) is 5.32 Å². The van der Waals surface area contributed by atoms with Crippen molar-refractivity contribution in [2.24, 2.45) is 0 Å². The fraction of sp³-hybridized carbons (Fsp3) is 0.0952. The molecule has 0 aliphatic carbocycles. The van der Waals surface area contributed by atoms with E-state index in [9.17, 15) is 14.0 Å². The summed E-state index contributed by atoms with van der Waals surface area (Å²) in [5, 5.41) is 4.87. The first-order chi connectivity index (χ1) is 13.5. The van der Waals surface area contributed by atoms with Crippen LogP contribution in [-0.2, 0) is 14.3 Å². The van der Waals surface area contributed by atoms with E-state index in [4.69, 9.17) is 4.74 Å². The first kappa shape index (κ1) is 19.4. The van der Waals surface area contributed by atoms with Crippen LogP contribution in [0.25, 0.3) is 17.3 Å². The van der Waals surface area contributed by atoms with Crippen molar-refractivity contribution in [3.63, 3.8) is 0 Å². The third-order valence-corrected chi connectivity index (χ3v) is 4.53. The second-order valence-corrected chi connectivity index (χ2v) is 6.69. The average molecular weight is 396 g/mol. The lowest BCUT2D eigenvalue weighted by Gasteiger charge is -2.10. The number of halogens is 1. The second kappa shape index (κ2) is 9.05. The van der Waals surface area contributed by atoms with Crippen molar-refractivity contribution >= 4 is 34.4 Å². The highest BCUT2D eigenvalue weighted by Gasteiger charge is 2.18. The van der Waals surface area contributed by atoms with Crippen LogP contribution in [0.3, 0.4) is 0 Å². The molecule has 0 unspecified atom stereocenters. The summed E-state index contributed by atoms with van der Waals surface area (Å²) in [6.07, 6.45) is 1.36. The summed E-state index contributed by atoms with van der Waals surface area (Å²) in [4.78, 5) is 28.4. The average Bonchev–Trinajstić information content (AvgIpc) is 3.16. The molecule has 0 aliphatic heterocycles. The highest BCUT2D eigenvalue weighted by atomic mass is 32.1. The molecule has 1 atom stereocenters. The molecule has 2 aromatic carbocycles. The minimum absolute atomic E-state index is 0.257. The van der Waals surface area contributed by atoms with Crippen LogP contribution >= 0.6 is 11.3 Å². The first-order valence-electron chi connectivity index (χ1n) is 8.48. The Morgan fingerprint density at radius 2 is 1.86 bits per heavy atom. The van der Waals surface area contributed by atoms with Crippen molar-refractivity contribution in [3.8, 4) is 11.3 Å². The lowest BCUT2D eigenvalue weighted by Crippen LogP contribution is -2.29. The van der Waals surface area contributed by atoms with Crippen LogP contribution in [0.1, 0.15) is 12.5 Å². The molecule has 5 nitrogen and oxygen atoms in total. The van der Waals surface area contributed by atoms with E-state index in [1.165, 1.54) is 36.5 Å². The molecule has 1 N–H and O–H groups in total. The Morgan fingerprint density at radius 3 is 2.61 bits per heavy atom. The van der Waals surface area contributed by atoms with Gasteiger partial charge in [0.15, 0.2) is 11.2 Å². The predicted molar refractivity (Wildman–Crippen MR) is 107 cm³/mol. The lowest BCUT2D eigenvalue weighted by molar-refractivity contribution is -0.148. The van der Waals surface area contributed by atoms with Crippen molar-refractivity contribution < 1.29 is 18.7 Å². The summed E-state index contributed by atoms with van der Waals surface area (Å²) in [5.41, 5.74) is 1.95. The molecular formula is C21H17FN2O3S. The maximum absolute atomic E-state index is 13.5. The molecule has 0 aliphatic rings. The number of carbonyl (C=O) groups is 2. The number of anilines is 1. The molecule has 0 saturated heterocycles. The number of ether oxygens (including phenoxy) is 1. The third kappa shape index (κ3) is 5.11. The Morgan fingerprint density at radius 1 is 1.14 bits per heavy atom. The standard InChI is InChI=1S/C21H17FN2O3S/c1-14(27-19(25)12-11-15-7-5-6-10-17(15)22)20(26)24-21-23-18(13-28-21)16-8-3-2-4-9-16/h2-14H,1H3,(H,23,24,26)/b12-11+/t14-/m1/s1. The zero-order valence-corrected chi connectivity index (χ0v) is 15.8. The minimum Gasteiger partial charge on any atom is -0.449 e. The van der Waals surface area contributed by atoms with Crippen LogP contribution in [0.15, 0.2) is 66.1 Å². The highest BCUT2D eigenvalue weighted by molar-refractivity contribution is 7.14. The van der Waals surface area contributed by atoms with Crippen molar-refractivity contribution in [2.45, 2.75) is 13.0 Å². The maximum atomic E-state index is 13.5. The van der Waals surface area contributed by atoms with Gasteiger partial charge in [0.2, 0.25) is 0 Å². The molecule has 7 heteroatoms. The van der Waals surface area contributed by atoms with Gasteiger partial charge in [0.1, 0.15) is 5.82 Å². The van der Waals surface area contributed by atoms with Gasteiger partial charge < -0.3 is 4.74 Å². The molecule has 3 rings (SSSR count). The number of nitrogens with zero attached hydrogens (tertiary/aromatic N) is 1. The molecule has 0 saturated carbocycles. The van der Waals surface area contributed by atoms with E-state index < -0.39 is 23.8 Å². The SMILES string of the molecule is C[C@@H](OC(=O)/C=C/c1ccccc1F)C(=O)Nc1nc(-c2ccccc2)cs1. The zero-order valence-electron chi connectivity index (χ0n) is 15.0. The number of benzene rings is 2. The smallest absolute Gasteiger partial charge is 0.331 e. The fourth-order valence-electron chi connectivity index (χ4n) is 2.31. The van der Waals surface area contributed by atoms with E-state index >= 15 is 0 Å². The Kier molecular flexibility index (Phi) is 6.29. The second-order valence-electron chi connectivity index (χ2n) is 5.83. The van der Waals surface area contributed by atoms with Crippen molar-refractivity contribution in [1.29, 1.82) is 0 Å². The molecule has 1 amide bonds. The Balaban J connectivity index is 1.55. The number of hydrogen-bond donors (Lipinski definition) is 1. The molecule has 142 valence electrons. The number of carbonyl (C=O) groups excluding carboxylic acids is 2. The Labute approximate surface area is 165 Å². The summed E-state index contributed by atoms with van der Waals surface area (Å²) in [6.45, 7) is 1.45. The number of hydrogen-bond acceptors (Lipinski definition) is 5. The van der Waals surface area contributed by atoms with Crippen LogP contribution in [-0.4, -0.2) is 23.0 Å². The number of esters is 1. The summed E-state index contributed by atoms with van der Waals surface area (Å²) in [6, 6.07) is 15.6. The molecule has 0 spiro atoms. The van der Waals surface area contributed by atoms with E-state index in [1.54, 1.807) is 12.1 Å².